The SMILES string of the molecule is CCC(c1ccccn1)N(C)C(=O)c1ccnnc1. The molecule has 1 atom stereocenters. The highest BCUT2D eigenvalue weighted by Crippen LogP contribution is 2.22. The van der Waals surface area contributed by atoms with E-state index in [1.807, 2.05) is 25.1 Å². The van der Waals surface area contributed by atoms with Crippen LogP contribution in [0.25, 0.3) is 0 Å². The maximum absolute atomic E-state index is 12.3. The molecule has 0 aliphatic rings. The van der Waals surface area contributed by atoms with Crippen molar-refractivity contribution in [2.75, 3.05) is 7.05 Å². The van der Waals surface area contributed by atoms with Crippen molar-refractivity contribution in [2.45, 2.75) is 19.4 Å². The third-order valence-corrected chi connectivity index (χ3v) is 3.03. The summed E-state index contributed by atoms with van der Waals surface area (Å²) in [4.78, 5) is 18.4. The van der Waals surface area contributed by atoms with Gasteiger partial charge in [0, 0.05) is 13.2 Å². The van der Waals surface area contributed by atoms with Crippen LogP contribution >= 0.6 is 0 Å². The van der Waals surface area contributed by atoms with Crippen molar-refractivity contribution < 1.29 is 4.79 Å². The first kappa shape index (κ1) is 13.1. The Bertz CT molecular complexity index is 530. The second-order valence-electron chi connectivity index (χ2n) is 4.23. The number of carbonyl (C=O) groups excluding carboxylic acids is 1. The number of rotatable bonds is 4. The smallest absolute Gasteiger partial charge is 0.255 e. The normalized spacial score (nSPS) is 11.9. The molecular weight excluding hydrogens is 240 g/mol. The van der Waals surface area contributed by atoms with Crippen molar-refractivity contribution in [1.82, 2.24) is 20.1 Å². The van der Waals surface area contributed by atoms with Gasteiger partial charge in [0.05, 0.1) is 29.7 Å². The summed E-state index contributed by atoms with van der Waals surface area (Å²) in [5.41, 5.74) is 1.43. The van der Waals surface area contributed by atoms with Gasteiger partial charge in [0.2, 0.25) is 0 Å². The first-order valence-corrected chi connectivity index (χ1v) is 6.18. The van der Waals surface area contributed by atoms with Crippen molar-refractivity contribution in [3.63, 3.8) is 0 Å². The maximum Gasteiger partial charge on any atom is 0.255 e. The predicted octanol–water partition coefficient (Wildman–Crippen LogP) is 2.09. The highest BCUT2D eigenvalue weighted by atomic mass is 16.2. The van der Waals surface area contributed by atoms with Crippen LogP contribution in [0.4, 0.5) is 0 Å². The molecule has 2 heterocycles. The first-order chi connectivity index (χ1) is 9.24. The van der Waals surface area contributed by atoms with E-state index < -0.39 is 0 Å². The molecule has 0 saturated carbocycles. The van der Waals surface area contributed by atoms with Crippen molar-refractivity contribution in [3.05, 3.63) is 54.1 Å². The van der Waals surface area contributed by atoms with Gasteiger partial charge in [-0.3, -0.25) is 9.78 Å². The Kier molecular flexibility index (Phi) is 4.18. The molecule has 0 aliphatic carbocycles. The highest BCUT2D eigenvalue weighted by molar-refractivity contribution is 5.93. The molecule has 0 spiro atoms. The lowest BCUT2D eigenvalue weighted by Crippen LogP contribution is -2.31. The lowest BCUT2D eigenvalue weighted by Gasteiger charge is -2.26. The van der Waals surface area contributed by atoms with Crippen molar-refractivity contribution in [1.29, 1.82) is 0 Å². The zero-order valence-corrected chi connectivity index (χ0v) is 11.0. The van der Waals surface area contributed by atoms with E-state index in [1.54, 1.807) is 24.2 Å². The van der Waals surface area contributed by atoms with Gasteiger partial charge in [-0.15, -0.1) is 0 Å². The number of nitrogens with zero attached hydrogens (tertiary/aromatic N) is 4. The lowest BCUT2D eigenvalue weighted by atomic mass is 10.1. The summed E-state index contributed by atoms with van der Waals surface area (Å²) in [5.74, 6) is -0.0765. The van der Waals surface area contributed by atoms with Crippen LogP contribution in [0.2, 0.25) is 0 Å². The third-order valence-electron chi connectivity index (χ3n) is 3.03. The minimum atomic E-state index is -0.0765. The number of hydrogen-bond acceptors (Lipinski definition) is 4. The number of amides is 1. The molecule has 98 valence electrons. The van der Waals surface area contributed by atoms with E-state index in [9.17, 15) is 4.79 Å². The van der Waals surface area contributed by atoms with E-state index in [-0.39, 0.29) is 11.9 Å². The summed E-state index contributed by atoms with van der Waals surface area (Å²) in [6, 6.07) is 7.35. The fourth-order valence-electron chi connectivity index (χ4n) is 2.02. The highest BCUT2D eigenvalue weighted by Gasteiger charge is 2.22. The maximum atomic E-state index is 12.3. The molecular formula is C14H16N4O. The van der Waals surface area contributed by atoms with Gasteiger partial charge in [-0.1, -0.05) is 13.0 Å². The molecule has 2 rings (SSSR count). The van der Waals surface area contributed by atoms with Gasteiger partial charge < -0.3 is 4.90 Å². The van der Waals surface area contributed by atoms with Crippen molar-refractivity contribution in [2.24, 2.45) is 0 Å². The van der Waals surface area contributed by atoms with Gasteiger partial charge in [-0.05, 0) is 24.6 Å². The Labute approximate surface area is 112 Å². The van der Waals surface area contributed by atoms with Gasteiger partial charge in [0.15, 0.2) is 0 Å². The summed E-state index contributed by atoms with van der Waals surface area (Å²) in [6.07, 6.45) is 5.54. The molecule has 2 aromatic heterocycles. The summed E-state index contributed by atoms with van der Waals surface area (Å²) in [6.45, 7) is 2.04. The fraction of sp³-hybridized carbons (Fsp3) is 0.286. The monoisotopic (exact) mass is 256 g/mol. The van der Waals surface area contributed by atoms with E-state index >= 15 is 0 Å². The molecule has 5 nitrogen and oxygen atoms in total. The fourth-order valence-corrected chi connectivity index (χ4v) is 2.02. The zero-order valence-electron chi connectivity index (χ0n) is 11.0. The topological polar surface area (TPSA) is 59.0 Å². The van der Waals surface area contributed by atoms with Crippen LogP contribution in [0.3, 0.4) is 0 Å². The third kappa shape index (κ3) is 2.93. The molecule has 0 N–H and O–H groups in total. The first-order valence-electron chi connectivity index (χ1n) is 6.18. The van der Waals surface area contributed by atoms with Gasteiger partial charge in [-0.2, -0.15) is 10.2 Å². The lowest BCUT2D eigenvalue weighted by molar-refractivity contribution is 0.0722. The van der Waals surface area contributed by atoms with Crippen LogP contribution in [0.1, 0.15) is 35.4 Å². The van der Waals surface area contributed by atoms with Gasteiger partial charge in [0.25, 0.3) is 5.91 Å². The van der Waals surface area contributed by atoms with Crippen LogP contribution in [-0.4, -0.2) is 33.0 Å². The molecule has 0 radical (unpaired) electrons. The summed E-state index contributed by atoms with van der Waals surface area (Å²) in [7, 11) is 1.78. The number of aromatic nitrogens is 3. The molecule has 0 aliphatic heterocycles. The predicted molar refractivity (Wildman–Crippen MR) is 71.4 cm³/mol. The van der Waals surface area contributed by atoms with Gasteiger partial charge in [-0.25, -0.2) is 0 Å². The second-order valence-corrected chi connectivity index (χ2v) is 4.23. The average Bonchev–Trinajstić information content (AvgIpc) is 2.49. The molecule has 1 unspecified atom stereocenters. The summed E-state index contributed by atoms with van der Waals surface area (Å²) in [5, 5.41) is 7.41. The van der Waals surface area contributed by atoms with Crippen molar-refractivity contribution >= 4 is 5.91 Å². The Morgan fingerprint density at radius 1 is 1.26 bits per heavy atom. The number of hydrogen-bond donors (Lipinski definition) is 0. The van der Waals surface area contributed by atoms with E-state index in [0.717, 1.165) is 12.1 Å². The van der Waals surface area contributed by atoms with Gasteiger partial charge in [0.1, 0.15) is 0 Å². The molecule has 19 heavy (non-hydrogen) atoms. The number of carbonyl (C=O) groups is 1. The zero-order chi connectivity index (χ0) is 13.7. The van der Waals surface area contributed by atoms with Crippen LogP contribution in [0.15, 0.2) is 42.9 Å². The standard InChI is InChI=1S/C14H16N4O/c1-3-13(12-6-4-5-8-15-12)18(2)14(19)11-7-9-16-17-10-11/h4-10,13H,3H2,1-2H3. The van der Waals surface area contributed by atoms with Crippen LogP contribution in [-0.2, 0) is 0 Å². The molecule has 0 bridgehead atoms. The molecule has 5 heteroatoms. The van der Waals surface area contributed by atoms with Crippen LogP contribution in [0, 0.1) is 0 Å². The minimum Gasteiger partial charge on any atom is -0.333 e. The van der Waals surface area contributed by atoms with Crippen LogP contribution in [0.5, 0.6) is 0 Å². The molecule has 1 amide bonds. The summed E-state index contributed by atoms with van der Waals surface area (Å²) < 4.78 is 0. The molecule has 0 fully saturated rings. The Balaban J connectivity index is 2.22. The Morgan fingerprint density at radius 2 is 2.11 bits per heavy atom. The van der Waals surface area contributed by atoms with Crippen molar-refractivity contribution in [3.8, 4) is 0 Å². The quantitative estimate of drug-likeness (QED) is 0.840. The van der Waals surface area contributed by atoms with Gasteiger partial charge >= 0.3 is 0 Å². The Hall–Kier alpha value is -2.30. The van der Waals surface area contributed by atoms with E-state index in [2.05, 4.69) is 15.2 Å². The van der Waals surface area contributed by atoms with E-state index in [0.29, 0.717) is 5.56 Å². The van der Waals surface area contributed by atoms with E-state index in [1.165, 1.54) is 12.4 Å². The second kappa shape index (κ2) is 6.04. The minimum absolute atomic E-state index is 0.0399. The summed E-state index contributed by atoms with van der Waals surface area (Å²) >= 11 is 0. The van der Waals surface area contributed by atoms with E-state index in [4.69, 9.17) is 0 Å². The molecule has 2 aromatic rings. The average molecular weight is 256 g/mol. The molecule has 0 aromatic carbocycles. The number of pyridine rings is 1. The molecule has 0 saturated heterocycles. The largest absolute Gasteiger partial charge is 0.333 e. The van der Waals surface area contributed by atoms with Crippen LogP contribution < -0.4 is 0 Å². The Morgan fingerprint density at radius 3 is 2.68 bits per heavy atom.